The summed E-state index contributed by atoms with van der Waals surface area (Å²) in [5, 5.41) is 18.8. The molecule has 6 nitrogen and oxygen atoms in total. The summed E-state index contributed by atoms with van der Waals surface area (Å²) in [6.07, 6.45) is 8.32. The molecule has 3 N–H and O–H groups in total. The van der Waals surface area contributed by atoms with Crippen LogP contribution >= 0.6 is 0 Å². The zero-order valence-corrected chi connectivity index (χ0v) is 13.2. The van der Waals surface area contributed by atoms with Crippen molar-refractivity contribution in [3.05, 3.63) is 78.6 Å². The number of benzene rings is 1. The molecule has 0 spiro atoms. The molecular weight excluding hydrogens is 310 g/mol. The van der Waals surface area contributed by atoms with Gasteiger partial charge in [-0.1, -0.05) is 55.1 Å². The van der Waals surface area contributed by atoms with E-state index in [4.69, 9.17) is 10.2 Å². The van der Waals surface area contributed by atoms with Crippen molar-refractivity contribution in [3.63, 3.8) is 0 Å². The molecule has 0 unspecified atom stereocenters. The van der Waals surface area contributed by atoms with E-state index in [0.29, 0.717) is 0 Å². The van der Waals surface area contributed by atoms with Gasteiger partial charge in [0.1, 0.15) is 0 Å². The fraction of sp³-hybridized carbons (Fsp3) is 0.0556. The Morgan fingerprint density at radius 1 is 1.08 bits per heavy atom. The van der Waals surface area contributed by atoms with Crippen molar-refractivity contribution in [3.8, 4) is 0 Å². The highest BCUT2D eigenvalue weighted by atomic mass is 16.4. The van der Waals surface area contributed by atoms with Crippen LogP contribution in [-0.4, -0.2) is 28.1 Å². The van der Waals surface area contributed by atoms with Gasteiger partial charge in [0, 0.05) is 17.8 Å². The quantitative estimate of drug-likeness (QED) is 0.550. The lowest BCUT2D eigenvalue weighted by molar-refractivity contribution is -0.133. The monoisotopic (exact) mass is 329 g/mol. The van der Waals surface area contributed by atoms with Crippen LogP contribution in [0.1, 0.15) is 12.5 Å². The van der Waals surface area contributed by atoms with Gasteiger partial charge in [0.15, 0.2) is 0 Å². The minimum Gasteiger partial charge on any atom is -0.478 e. The summed E-state index contributed by atoms with van der Waals surface area (Å²) in [5.41, 5.74) is 1.12. The minimum absolute atomic E-state index is 0.0696. The maximum absolute atomic E-state index is 10.5. The Labute approximate surface area is 140 Å². The molecule has 1 amide bonds. The zero-order valence-electron chi connectivity index (χ0n) is 13.2. The molecule has 6 heteroatoms. The zero-order chi connectivity index (χ0) is 18.4. The van der Waals surface area contributed by atoms with Crippen molar-refractivity contribution in [2.24, 2.45) is 0 Å². The molecule has 0 aromatic heterocycles. The van der Waals surface area contributed by atoms with Crippen LogP contribution in [0.4, 0.5) is 0 Å². The third-order valence-electron chi connectivity index (χ3n) is 2.39. The summed E-state index contributed by atoms with van der Waals surface area (Å²) in [6.45, 7) is 4.58. The highest BCUT2D eigenvalue weighted by Crippen LogP contribution is 2.00. The van der Waals surface area contributed by atoms with Crippen LogP contribution < -0.4 is 5.32 Å². The van der Waals surface area contributed by atoms with E-state index in [1.807, 2.05) is 36.4 Å². The first-order valence-electron chi connectivity index (χ1n) is 6.82. The van der Waals surface area contributed by atoms with Gasteiger partial charge in [0.2, 0.25) is 5.91 Å². The first-order valence-corrected chi connectivity index (χ1v) is 6.82. The van der Waals surface area contributed by atoms with Crippen LogP contribution in [0, 0.1) is 0 Å². The number of carboxylic acids is 2. The molecule has 0 saturated heterocycles. The van der Waals surface area contributed by atoms with E-state index < -0.39 is 17.8 Å². The Morgan fingerprint density at radius 3 is 2.21 bits per heavy atom. The van der Waals surface area contributed by atoms with E-state index in [0.717, 1.165) is 23.9 Å². The van der Waals surface area contributed by atoms with Crippen LogP contribution in [0.15, 0.2) is 73.0 Å². The van der Waals surface area contributed by atoms with E-state index in [1.54, 1.807) is 6.08 Å². The Balaban J connectivity index is 0.000000449. The molecule has 1 aromatic carbocycles. The largest absolute Gasteiger partial charge is 0.478 e. The first kappa shape index (κ1) is 20.6. The number of hydrogen-bond acceptors (Lipinski definition) is 3. The molecule has 0 atom stereocenters. The Morgan fingerprint density at radius 2 is 1.71 bits per heavy atom. The van der Waals surface area contributed by atoms with Crippen LogP contribution in [-0.2, 0) is 14.4 Å². The average Bonchev–Trinajstić information content (AvgIpc) is 2.57. The number of amides is 1. The Hall–Kier alpha value is -3.41. The van der Waals surface area contributed by atoms with E-state index >= 15 is 0 Å². The van der Waals surface area contributed by atoms with Gasteiger partial charge in [-0.2, -0.15) is 0 Å². The van der Waals surface area contributed by atoms with Gasteiger partial charge in [-0.25, -0.2) is 9.59 Å². The Kier molecular flexibility index (Phi) is 10.4. The first-order chi connectivity index (χ1) is 11.4. The van der Waals surface area contributed by atoms with Gasteiger partial charge in [-0.3, -0.25) is 4.79 Å². The van der Waals surface area contributed by atoms with Crippen LogP contribution in [0.3, 0.4) is 0 Å². The molecule has 0 heterocycles. The lowest BCUT2D eigenvalue weighted by Gasteiger charge is -1.93. The number of nitrogens with one attached hydrogen (secondary N) is 1. The molecule has 24 heavy (non-hydrogen) atoms. The van der Waals surface area contributed by atoms with Crippen molar-refractivity contribution in [2.45, 2.75) is 6.92 Å². The molecule has 0 radical (unpaired) electrons. The highest BCUT2D eigenvalue weighted by molar-refractivity contribution is 5.90. The number of carbonyl (C=O) groups excluding carboxylic acids is 1. The van der Waals surface area contributed by atoms with E-state index in [2.05, 4.69) is 11.9 Å². The number of rotatable bonds is 6. The van der Waals surface area contributed by atoms with Gasteiger partial charge in [-0.05, 0) is 18.6 Å². The van der Waals surface area contributed by atoms with E-state index in [1.165, 1.54) is 13.0 Å². The van der Waals surface area contributed by atoms with Gasteiger partial charge < -0.3 is 15.5 Å². The normalized spacial score (nSPS) is 10.8. The number of carboxylic acid groups (broad SMARTS) is 2. The summed E-state index contributed by atoms with van der Waals surface area (Å²) in [7, 11) is 0. The Bertz CT molecular complexity index is 657. The summed E-state index contributed by atoms with van der Waals surface area (Å²) in [4.78, 5) is 30.7. The molecule has 1 rings (SSSR count). The minimum atomic E-state index is -1.06. The van der Waals surface area contributed by atoms with E-state index in [9.17, 15) is 14.4 Å². The third kappa shape index (κ3) is 11.3. The number of carbonyl (C=O) groups is 3. The number of aliphatic carboxylic acids is 2. The molecule has 0 bridgehead atoms. The second-order valence-electron chi connectivity index (χ2n) is 4.31. The molecule has 126 valence electrons. The van der Waals surface area contributed by atoms with Crippen LogP contribution in [0.5, 0.6) is 0 Å². The molecule has 0 fully saturated rings. The number of allylic oxidation sites excluding steroid dienone is 2. The molecule has 1 aromatic rings. The maximum atomic E-state index is 10.5. The van der Waals surface area contributed by atoms with Crippen LogP contribution in [0.2, 0.25) is 0 Å². The fourth-order valence-corrected chi connectivity index (χ4v) is 1.17. The fourth-order valence-electron chi connectivity index (χ4n) is 1.17. The highest BCUT2D eigenvalue weighted by Gasteiger charge is 1.98. The summed E-state index contributed by atoms with van der Waals surface area (Å²) >= 11 is 0. The molecule has 0 aliphatic carbocycles. The summed E-state index contributed by atoms with van der Waals surface area (Å²) in [6, 6.07) is 9.70. The summed E-state index contributed by atoms with van der Waals surface area (Å²) < 4.78 is 0. The van der Waals surface area contributed by atoms with Crippen molar-refractivity contribution < 1.29 is 24.6 Å². The standard InChI is InChI=1S/C11H10O2.C7H9NO3/c12-11(13)9-5-4-8-10-6-2-1-3-7-10;1-3-6(9)8-4-5(2)7(10)11/h1-9H,(H,12,13);3-4H,1H2,2H3,(H,8,9)(H,10,11). The lowest BCUT2D eigenvalue weighted by atomic mass is 10.2. The van der Waals surface area contributed by atoms with Gasteiger partial charge in [0.05, 0.1) is 0 Å². The van der Waals surface area contributed by atoms with Crippen molar-refractivity contribution in [2.75, 3.05) is 0 Å². The average molecular weight is 329 g/mol. The predicted molar refractivity (Wildman–Crippen MR) is 92.0 cm³/mol. The lowest BCUT2D eigenvalue weighted by Crippen LogP contribution is -2.15. The van der Waals surface area contributed by atoms with Gasteiger partial charge in [-0.15, -0.1) is 0 Å². The molecule has 0 aliphatic heterocycles. The van der Waals surface area contributed by atoms with Crippen molar-refractivity contribution >= 4 is 23.9 Å². The van der Waals surface area contributed by atoms with Crippen molar-refractivity contribution in [1.82, 2.24) is 5.32 Å². The maximum Gasteiger partial charge on any atom is 0.332 e. The molecule has 0 aliphatic rings. The number of hydrogen-bond donors (Lipinski definition) is 3. The second-order valence-corrected chi connectivity index (χ2v) is 4.31. The molecule has 0 saturated carbocycles. The summed E-state index contributed by atoms with van der Waals surface area (Å²) in [5.74, 6) is -2.42. The van der Waals surface area contributed by atoms with Gasteiger partial charge >= 0.3 is 11.9 Å². The second kappa shape index (κ2) is 12.2. The SMILES string of the molecule is C=CC(=O)NC=C(C)C(=O)O.O=C(O)C=CC=Cc1ccccc1. The smallest absolute Gasteiger partial charge is 0.332 e. The third-order valence-corrected chi connectivity index (χ3v) is 2.39. The van der Waals surface area contributed by atoms with Crippen molar-refractivity contribution in [1.29, 1.82) is 0 Å². The molecular formula is C18H19NO5. The van der Waals surface area contributed by atoms with E-state index in [-0.39, 0.29) is 5.57 Å². The topological polar surface area (TPSA) is 104 Å². The predicted octanol–water partition coefficient (Wildman–Crippen LogP) is 2.62. The van der Waals surface area contributed by atoms with Gasteiger partial charge in [0.25, 0.3) is 0 Å². The van der Waals surface area contributed by atoms with Crippen LogP contribution in [0.25, 0.3) is 6.08 Å².